The zero-order valence-corrected chi connectivity index (χ0v) is 21.4. The Labute approximate surface area is 220 Å². The number of carbonyl (C=O) groups is 2. The number of benzene rings is 2. The summed E-state index contributed by atoms with van der Waals surface area (Å²) in [6.07, 6.45) is 6.19. The van der Waals surface area contributed by atoms with Gasteiger partial charge in [-0.2, -0.15) is 0 Å². The molecule has 2 aromatic carbocycles. The van der Waals surface area contributed by atoms with Gasteiger partial charge in [0.25, 0.3) is 0 Å². The molecule has 1 unspecified atom stereocenters. The Bertz CT molecular complexity index is 1130. The number of rotatable bonds is 8. The van der Waals surface area contributed by atoms with E-state index in [1.165, 1.54) is 17.7 Å². The number of carboxylic acid groups (broad SMARTS) is 1. The van der Waals surface area contributed by atoms with E-state index in [-0.39, 0.29) is 17.4 Å². The van der Waals surface area contributed by atoms with Crippen LogP contribution in [0, 0.1) is 23.4 Å². The van der Waals surface area contributed by atoms with Gasteiger partial charge in [0.1, 0.15) is 11.8 Å². The van der Waals surface area contributed by atoms with Crippen molar-refractivity contribution in [3.63, 3.8) is 0 Å². The molecule has 6 nitrogen and oxygen atoms in total. The Balaban J connectivity index is 1.26. The summed E-state index contributed by atoms with van der Waals surface area (Å²) in [5.41, 5.74) is 1.31. The van der Waals surface area contributed by atoms with Gasteiger partial charge in [-0.1, -0.05) is 12.1 Å². The minimum Gasteiger partial charge on any atom is -0.497 e. The van der Waals surface area contributed by atoms with Crippen LogP contribution in [0.15, 0.2) is 42.5 Å². The van der Waals surface area contributed by atoms with Crippen LogP contribution in [0.2, 0.25) is 0 Å². The van der Waals surface area contributed by atoms with Crippen molar-refractivity contribution < 1.29 is 32.6 Å². The van der Waals surface area contributed by atoms with Gasteiger partial charge in [-0.05, 0) is 98.5 Å². The lowest BCUT2D eigenvalue weighted by atomic mass is 9.86. The maximum Gasteiger partial charge on any atom is 0.320 e. The molecule has 0 radical (unpaired) electrons. The SMILES string of the molecule is COc1ccc(C2CCN(C(CC3CCN(C(=O)/C=C/c4cc(F)c(F)c(F)c4)CC3)C(=O)O)CC2)cc1. The third kappa shape index (κ3) is 6.75. The maximum atomic E-state index is 13.4. The zero-order chi connectivity index (χ0) is 27.2. The Morgan fingerprint density at radius 3 is 2.16 bits per heavy atom. The van der Waals surface area contributed by atoms with Crippen LogP contribution in [0.1, 0.15) is 49.1 Å². The second-order valence-corrected chi connectivity index (χ2v) is 10.1. The van der Waals surface area contributed by atoms with Crippen molar-refractivity contribution in [1.82, 2.24) is 9.80 Å². The van der Waals surface area contributed by atoms with E-state index >= 15 is 0 Å². The molecular weight excluding hydrogens is 497 g/mol. The minimum absolute atomic E-state index is 0.0599. The predicted molar refractivity (Wildman–Crippen MR) is 137 cm³/mol. The second-order valence-electron chi connectivity index (χ2n) is 10.1. The first-order valence-electron chi connectivity index (χ1n) is 13.0. The van der Waals surface area contributed by atoms with Gasteiger partial charge in [0.05, 0.1) is 7.11 Å². The van der Waals surface area contributed by atoms with Crippen LogP contribution in [-0.4, -0.2) is 66.1 Å². The van der Waals surface area contributed by atoms with Crippen LogP contribution >= 0.6 is 0 Å². The molecule has 1 amide bonds. The number of aliphatic carboxylic acids is 1. The van der Waals surface area contributed by atoms with E-state index in [1.807, 2.05) is 12.1 Å². The molecule has 0 saturated carbocycles. The first-order valence-corrected chi connectivity index (χ1v) is 13.0. The van der Waals surface area contributed by atoms with E-state index in [1.54, 1.807) is 12.0 Å². The van der Waals surface area contributed by atoms with E-state index < -0.39 is 29.5 Å². The van der Waals surface area contributed by atoms with E-state index in [9.17, 15) is 27.9 Å². The summed E-state index contributed by atoms with van der Waals surface area (Å²) in [4.78, 5) is 28.4. The number of ether oxygens (including phenoxy) is 1. The lowest BCUT2D eigenvalue weighted by Gasteiger charge is -2.38. The highest BCUT2D eigenvalue weighted by Gasteiger charge is 2.33. The molecule has 2 fully saturated rings. The van der Waals surface area contributed by atoms with E-state index in [4.69, 9.17) is 4.74 Å². The largest absolute Gasteiger partial charge is 0.497 e. The molecule has 2 saturated heterocycles. The molecule has 2 aliphatic heterocycles. The quantitative estimate of drug-likeness (QED) is 0.381. The second kappa shape index (κ2) is 12.5. The van der Waals surface area contributed by atoms with Crippen molar-refractivity contribution in [2.75, 3.05) is 33.3 Å². The first kappa shape index (κ1) is 27.7. The van der Waals surface area contributed by atoms with Gasteiger partial charge in [0.15, 0.2) is 17.5 Å². The number of carboxylic acids is 1. The van der Waals surface area contributed by atoms with Crippen molar-refractivity contribution in [3.05, 3.63) is 71.1 Å². The topological polar surface area (TPSA) is 70.1 Å². The molecule has 0 aromatic heterocycles. The van der Waals surface area contributed by atoms with Crippen molar-refractivity contribution in [2.24, 2.45) is 5.92 Å². The fraction of sp³-hybridized carbons (Fsp3) is 0.448. The van der Waals surface area contributed by atoms with Crippen molar-refractivity contribution >= 4 is 18.0 Å². The van der Waals surface area contributed by atoms with E-state index in [2.05, 4.69) is 17.0 Å². The molecule has 204 valence electrons. The Morgan fingerprint density at radius 2 is 1.61 bits per heavy atom. The van der Waals surface area contributed by atoms with Crippen LogP contribution in [-0.2, 0) is 9.59 Å². The molecule has 0 aliphatic carbocycles. The Kier molecular flexibility index (Phi) is 9.09. The van der Waals surface area contributed by atoms with Gasteiger partial charge < -0.3 is 14.7 Å². The van der Waals surface area contributed by atoms with E-state index in [0.29, 0.717) is 38.3 Å². The number of methoxy groups -OCH3 is 1. The molecule has 2 aromatic rings. The van der Waals surface area contributed by atoms with Crippen LogP contribution in [0.3, 0.4) is 0 Å². The molecule has 0 spiro atoms. The number of nitrogens with zero attached hydrogens (tertiary/aromatic N) is 2. The van der Waals surface area contributed by atoms with Crippen LogP contribution in [0.25, 0.3) is 6.08 Å². The smallest absolute Gasteiger partial charge is 0.320 e. The monoisotopic (exact) mass is 530 g/mol. The summed E-state index contributed by atoms with van der Waals surface area (Å²) in [7, 11) is 1.64. The first-order chi connectivity index (χ1) is 18.2. The maximum absolute atomic E-state index is 13.4. The standard InChI is InChI=1S/C29H33F3N2O4/c1-38-23-5-3-21(4-6-23)22-10-14-33(15-11-22)26(29(36)37)18-19-8-12-34(13-9-19)27(35)7-2-20-16-24(30)28(32)25(31)17-20/h2-7,16-17,19,22,26H,8-15,18H2,1H3,(H,36,37)/b7-2+. The van der Waals surface area contributed by atoms with Gasteiger partial charge >= 0.3 is 5.97 Å². The number of halogens is 3. The molecule has 1 atom stereocenters. The highest BCUT2D eigenvalue weighted by molar-refractivity contribution is 5.91. The van der Waals surface area contributed by atoms with Gasteiger partial charge in [-0.15, -0.1) is 0 Å². The summed E-state index contributed by atoms with van der Waals surface area (Å²) in [5, 5.41) is 9.97. The van der Waals surface area contributed by atoms with Crippen molar-refractivity contribution in [3.8, 4) is 5.75 Å². The number of likely N-dealkylation sites (tertiary alicyclic amines) is 2. The highest BCUT2D eigenvalue weighted by Crippen LogP contribution is 2.32. The predicted octanol–water partition coefficient (Wildman–Crippen LogP) is 5.09. The highest BCUT2D eigenvalue weighted by atomic mass is 19.2. The molecule has 0 bridgehead atoms. The third-order valence-electron chi connectivity index (χ3n) is 7.75. The fourth-order valence-corrected chi connectivity index (χ4v) is 5.48. The van der Waals surface area contributed by atoms with Crippen molar-refractivity contribution in [2.45, 2.75) is 44.1 Å². The minimum atomic E-state index is -1.54. The number of piperidine rings is 2. The Morgan fingerprint density at radius 1 is 1.00 bits per heavy atom. The molecular formula is C29H33F3N2O4. The van der Waals surface area contributed by atoms with Gasteiger partial charge in [0, 0.05) is 19.2 Å². The number of hydrogen-bond acceptors (Lipinski definition) is 4. The summed E-state index contributed by atoms with van der Waals surface area (Å²) in [5.74, 6) is -3.87. The number of carbonyl (C=O) groups excluding carboxylic acids is 1. The summed E-state index contributed by atoms with van der Waals surface area (Å²) in [6.45, 7) is 2.40. The number of amides is 1. The Hall–Kier alpha value is -3.33. The van der Waals surface area contributed by atoms with Crippen LogP contribution in [0.4, 0.5) is 13.2 Å². The molecule has 38 heavy (non-hydrogen) atoms. The zero-order valence-electron chi connectivity index (χ0n) is 21.4. The molecule has 4 rings (SSSR count). The van der Waals surface area contributed by atoms with E-state index in [0.717, 1.165) is 43.8 Å². The molecule has 1 N–H and O–H groups in total. The summed E-state index contributed by atoms with van der Waals surface area (Å²) in [6, 6.07) is 9.18. The molecule has 9 heteroatoms. The van der Waals surface area contributed by atoms with Gasteiger partial charge in [-0.25, -0.2) is 13.2 Å². The van der Waals surface area contributed by atoms with Crippen molar-refractivity contribution in [1.29, 1.82) is 0 Å². The normalized spacial score (nSPS) is 18.6. The van der Waals surface area contributed by atoms with Crippen LogP contribution < -0.4 is 4.74 Å². The average Bonchev–Trinajstić information content (AvgIpc) is 2.93. The lowest BCUT2D eigenvalue weighted by molar-refractivity contribution is -0.145. The summed E-state index contributed by atoms with van der Waals surface area (Å²) < 4.78 is 45.1. The van der Waals surface area contributed by atoms with Gasteiger partial charge in [0.2, 0.25) is 5.91 Å². The molecule has 2 aliphatic rings. The number of hydrogen-bond donors (Lipinski definition) is 1. The fourth-order valence-electron chi connectivity index (χ4n) is 5.48. The summed E-state index contributed by atoms with van der Waals surface area (Å²) >= 11 is 0. The molecule has 2 heterocycles. The van der Waals surface area contributed by atoms with Crippen LogP contribution in [0.5, 0.6) is 5.75 Å². The third-order valence-corrected chi connectivity index (χ3v) is 7.75. The lowest BCUT2D eigenvalue weighted by Crippen LogP contribution is -2.47. The average molecular weight is 531 g/mol. The van der Waals surface area contributed by atoms with Gasteiger partial charge in [-0.3, -0.25) is 14.5 Å².